The van der Waals surface area contributed by atoms with Crippen LogP contribution in [0.2, 0.25) is 0 Å². The van der Waals surface area contributed by atoms with E-state index in [0.29, 0.717) is 13.2 Å². The molecular weight excluding hydrogens is 266 g/mol. The molecule has 0 unspecified atom stereocenters. The number of benzene rings is 1. The lowest BCUT2D eigenvalue weighted by molar-refractivity contribution is -0.116. The van der Waals surface area contributed by atoms with E-state index >= 15 is 0 Å². The third-order valence-electron chi connectivity index (χ3n) is 3.08. The highest BCUT2D eigenvalue weighted by Gasteiger charge is 2.06. The van der Waals surface area contributed by atoms with Crippen LogP contribution in [0.25, 0.3) is 0 Å². The van der Waals surface area contributed by atoms with Gasteiger partial charge in [-0.1, -0.05) is 18.2 Å². The van der Waals surface area contributed by atoms with E-state index in [1.54, 1.807) is 7.11 Å². The fraction of sp³-hybridized carbons (Fsp3) is 0.312. The van der Waals surface area contributed by atoms with E-state index < -0.39 is 0 Å². The van der Waals surface area contributed by atoms with Gasteiger partial charge in [0, 0.05) is 37.8 Å². The lowest BCUT2D eigenvalue weighted by Crippen LogP contribution is -2.23. The van der Waals surface area contributed by atoms with Crippen LogP contribution in [0.3, 0.4) is 0 Å². The number of carbonyl (C=O) groups excluding carboxylic acids is 1. The van der Waals surface area contributed by atoms with E-state index in [9.17, 15) is 4.79 Å². The first-order valence-electron chi connectivity index (χ1n) is 6.98. The van der Waals surface area contributed by atoms with Crippen molar-refractivity contribution in [3.63, 3.8) is 0 Å². The number of hydrogen-bond donors (Lipinski definition) is 2. The molecule has 112 valence electrons. The van der Waals surface area contributed by atoms with Crippen molar-refractivity contribution >= 4 is 11.6 Å². The number of hydrogen-bond acceptors (Lipinski definition) is 3. The van der Waals surface area contributed by atoms with Crippen molar-refractivity contribution in [2.45, 2.75) is 13.1 Å². The molecule has 1 aromatic heterocycles. The minimum absolute atomic E-state index is 0.0319. The molecule has 1 heterocycles. The molecule has 2 N–H and O–H groups in total. The Kier molecular flexibility index (Phi) is 5.99. The number of nitrogens with one attached hydrogen (secondary N) is 2. The maximum atomic E-state index is 12.0. The molecule has 1 aromatic carbocycles. The quantitative estimate of drug-likeness (QED) is 0.729. The molecule has 0 aliphatic heterocycles. The Hall–Kier alpha value is -2.11. The number of ether oxygens (including phenoxy) is 1. The van der Waals surface area contributed by atoms with Gasteiger partial charge in [0.2, 0.25) is 5.91 Å². The molecule has 0 aliphatic carbocycles. The van der Waals surface area contributed by atoms with Crippen molar-refractivity contribution in [1.29, 1.82) is 0 Å². The monoisotopic (exact) mass is 287 g/mol. The summed E-state index contributed by atoms with van der Waals surface area (Å²) in [6.45, 7) is 2.49. The molecular formula is C16H21N3O2. The summed E-state index contributed by atoms with van der Waals surface area (Å²) in [4.78, 5) is 12.0. The maximum Gasteiger partial charge on any atom is 0.244 e. The number of carbonyl (C=O) groups is 1. The van der Waals surface area contributed by atoms with Gasteiger partial charge in [-0.3, -0.25) is 4.79 Å². The van der Waals surface area contributed by atoms with E-state index in [4.69, 9.17) is 4.74 Å². The topological polar surface area (TPSA) is 55.3 Å². The van der Waals surface area contributed by atoms with Crippen molar-refractivity contribution in [3.05, 3.63) is 54.4 Å². The van der Waals surface area contributed by atoms with E-state index in [1.807, 2.05) is 53.2 Å². The molecule has 2 aromatic rings. The first-order chi connectivity index (χ1) is 10.3. The molecule has 0 bridgehead atoms. The molecule has 2 rings (SSSR count). The molecule has 0 spiro atoms. The van der Waals surface area contributed by atoms with Crippen molar-refractivity contribution < 1.29 is 9.53 Å². The van der Waals surface area contributed by atoms with Gasteiger partial charge >= 0.3 is 0 Å². The van der Waals surface area contributed by atoms with Gasteiger partial charge in [0.05, 0.1) is 6.61 Å². The van der Waals surface area contributed by atoms with Crippen LogP contribution in [0.1, 0.15) is 5.69 Å². The van der Waals surface area contributed by atoms with Gasteiger partial charge in [-0.25, -0.2) is 0 Å². The van der Waals surface area contributed by atoms with Crippen molar-refractivity contribution in [3.8, 4) is 0 Å². The second-order valence-corrected chi connectivity index (χ2v) is 4.71. The van der Waals surface area contributed by atoms with E-state index in [0.717, 1.165) is 24.5 Å². The standard InChI is InChI=1S/C16H21N3O2/c1-21-11-9-17-12-15-8-5-10-19(15)13-16(20)18-14-6-3-2-4-7-14/h2-8,10,17H,9,11-13H2,1H3,(H,18,20). The third-order valence-corrected chi connectivity index (χ3v) is 3.08. The summed E-state index contributed by atoms with van der Waals surface area (Å²) in [6, 6.07) is 13.4. The summed E-state index contributed by atoms with van der Waals surface area (Å²) in [6.07, 6.45) is 1.91. The van der Waals surface area contributed by atoms with Gasteiger partial charge in [0.15, 0.2) is 0 Å². The highest BCUT2D eigenvalue weighted by atomic mass is 16.5. The van der Waals surface area contributed by atoms with Gasteiger partial charge in [-0.15, -0.1) is 0 Å². The van der Waals surface area contributed by atoms with Gasteiger partial charge in [0.25, 0.3) is 0 Å². The lowest BCUT2D eigenvalue weighted by atomic mass is 10.3. The fourth-order valence-corrected chi connectivity index (χ4v) is 2.03. The zero-order valence-electron chi connectivity index (χ0n) is 12.2. The molecule has 0 saturated carbocycles. The second-order valence-electron chi connectivity index (χ2n) is 4.71. The van der Waals surface area contributed by atoms with Crippen LogP contribution in [-0.4, -0.2) is 30.7 Å². The van der Waals surface area contributed by atoms with Crippen LogP contribution in [0.15, 0.2) is 48.7 Å². The Morgan fingerprint density at radius 2 is 2.00 bits per heavy atom. The summed E-state index contributed by atoms with van der Waals surface area (Å²) in [5.74, 6) is -0.0319. The van der Waals surface area contributed by atoms with Crippen LogP contribution < -0.4 is 10.6 Å². The molecule has 0 radical (unpaired) electrons. The molecule has 5 nitrogen and oxygen atoms in total. The Morgan fingerprint density at radius 3 is 2.76 bits per heavy atom. The molecule has 21 heavy (non-hydrogen) atoms. The summed E-state index contributed by atoms with van der Waals surface area (Å²) in [5, 5.41) is 6.16. The first-order valence-corrected chi connectivity index (χ1v) is 6.98. The van der Waals surface area contributed by atoms with Crippen LogP contribution in [-0.2, 0) is 22.6 Å². The molecule has 0 atom stereocenters. The molecule has 0 aliphatic rings. The number of amides is 1. The Bertz CT molecular complexity index is 552. The van der Waals surface area contributed by atoms with Crippen LogP contribution in [0.5, 0.6) is 0 Å². The van der Waals surface area contributed by atoms with E-state index in [2.05, 4.69) is 10.6 Å². The minimum Gasteiger partial charge on any atom is -0.383 e. The number of anilines is 1. The normalized spacial score (nSPS) is 10.5. The Balaban J connectivity index is 1.85. The average molecular weight is 287 g/mol. The Labute approximate surface area is 124 Å². The lowest BCUT2D eigenvalue weighted by Gasteiger charge is -2.10. The second kappa shape index (κ2) is 8.24. The molecule has 0 saturated heterocycles. The maximum absolute atomic E-state index is 12.0. The number of rotatable bonds is 8. The number of nitrogens with zero attached hydrogens (tertiary/aromatic N) is 1. The van der Waals surface area contributed by atoms with Gasteiger partial charge in [-0.2, -0.15) is 0 Å². The van der Waals surface area contributed by atoms with Gasteiger partial charge in [0.1, 0.15) is 6.54 Å². The van der Waals surface area contributed by atoms with Gasteiger partial charge in [-0.05, 0) is 24.3 Å². The van der Waals surface area contributed by atoms with Crippen LogP contribution in [0, 0.1) is 0 Å². The summed E-state index contributed by atoms with van der Waals surface area (Å²) in [5.41, 5.74) is 1.89. The predicted molar refractivity (Wildman–Crippen MR) is 83.1 cm³/mol. The first kappa shape index (κ1) is 15.3. The van der Waals surface area contributed by atoms with E-state index in [1.165, 1.54) is 0 Å². The number of methoxy groups -OCH3 is 1. The van der Waals surface area contributed by atoms with Crippen molar-refractivity contribution in [2.24, 2.45) is 0 Å². The van der Waals surface area contributed by atoms with Crippen LogP contribution in [0.4, 0.5) is 5.69 Å². The average Bonchev–Trinajstić information content (AvgIpc) is 2.92. The number of para-hydroxylation sites is 1. The highest BCUT2D eigenvalue weighted by Crippen LogP contribution is 2.07. The minimum atomic E-state index is -0.0319. The summed E-state index contributed by atoms with van der Waals surface area (Å²) >= 11 is 0. The summed E-state index contributed by atoms with van der Waals surface area (Å²) < 4.78 is 6.93. The molecule has 5 heteroatoms. The fourth-order valence-electron chi connectivity index (χ4n) is 2.03. The molecule has 0 fully saturated rings. The Morgan fingerprint density at radius 1 is 1.19 bits per heavy atom. The van der Waals surface area contributed by atoms with Crippen molar-refractivity contribution in [1.82, 2.24) is 9.88 Å². The van der Waals surface area contributed by atoms with Crippen LogP contribution >= 0.6 is 0 Å². The summed E-state index contributed by atoms with van der Waals surface area (Å²) in [7, 11) is 1.68. The zero-order chi connectivity index (χ0) is 14.9. The van der Waals surface area contributed by atoms with Crippen molar-refractivity contribution in [2.75, 3.05) is 25.6 Å². The number of aromatic nitrogens is 1. The van der Waals surface area contributed by atoms with Gasteiger partial charge < -0.3 is 19.9 Å². The third kappa shape index (κ3) is 5.06. The predicted octanol–water partition coefficient (Wildman–Crippen LogP) is 1.86. The SMILES string of the molecule is COCCNCc1cccn1CC(=O)Nc1ccccc1. The largest absolute Gasteiger partial charge is 0.383 e. The van der Waals surface area contributed by atoms with E-state index in [-0.39, 0.29) is 5.91 Å². The zero-order valence-corrected chi connectivity index (χ0v) is 12.2. The molecule has 1 amide bonds. The smallest absolute Gasteiger partial charge is 0.244 e. The highest BCUT2D eigenvalue weighted by molar-refractivity contribution is 5.90.